The Kier molecular flexibility index (Phi) is 182. The van der Waals surface area contributed by atoms with Crippen molar-refractivity contribution in [3.63, 3.8) is 0 Å². The summed E-state index contributed by atoms with van der Waals surface area (Å²) in [6.45, 7) is 19.5. The van der Waals surface area contributed by atoms with Crippen LogP contribution in [0.15, 0.2) is 0 Å². The first-order valence-electron chi connectivity index (χ1n) is 11.7. The molecule has 0 aromatic heterocycles. The van der Waals surface area contributed by atoms with Crippen molar-refractivity contribution in [1.29, 1.82) is 0 Å². The summed E-state index contributed by atoms with van der Waals surface area (Å²) in [5, 5.41) is 7.00. The van der Waals surface area contributed by atoms with Crippen LogP contribution >= 0.6 is 0 Å². The third-order valence-corrected chi connectivity index (χ3v) is 0.926. The highest BCUT2D eigenvalue weighted by atomic mass is 16.5. The maximum Gasteiger partial charge on any atom is 0.158 e. The second-order valence-electron chi connectivity index (χ2n) is 6.75. The van der Waals surface area contributed by atoms with Crippen LogP contribution in [0.1, 0.15) is 83.1 Å². The van der Waals surface area contributed by atoms with E-state index in [1.54, 1.807) is 63.8 Å². The molecule has 0 saturated carbocycles. The standard InChI is InChI=1S/C5H10O2.4C3H6O.4C2H6O.C2H6.CH4O/c1-4(6)5(2)7-3;4*1-3(2)4;4*1-3-2;2*1-2/h5H,1-3H3;4*1-2H3;4*1-2H3;1-2H3;2H,1H3. The van der Waals surface area contributed by atoms with E-state index in [1.807, 2.05) is 13.8 Å². The van der Waals surface area contributed by atoms with Crippen LogP contribution in [0.5, 0.6) is 0 Å². The quantitative estimate of drug-likeness (QED) is 0.484. The van der Waals surface area contributed by atoms with E-state index in [-0.39, 0.29) is 35.0 Å². The fourth-order valence-corrected chi connectivity index (χ4v) is 0.166. The Hall–Kier alpha value is -1.89. The summed E-state index contributed by atoms with van der Waals surface area (Å²) >= 11 is 0. The lowest BCUT2D eigenvalue weighted by atomic mass is 10.3. The van der Waals surface area contributed by atoms with E-state index in [0.717, 1.165) is 7.11 Å². The highest BCUT2D eigenvalue weighted by molar-refractivity contribution is 5.79. The van der Waals surface area contributed by atoms with Gasteiger partial charge in [-0.3, -0.25) is 4.79 Å². The maximum atomic E-state index is 10.2. The zero-order valence-electron chi connectivity index (χ0n) is 29.6. The van der Waals surface area contributed by atoms with E-state index in [9.17, 15) is 24.0 Å². The third-order valence-electron chi connectivity index (χ3n) is 0.926. The van der Waals surface area contributed by atoms with E-state index in [2.05, 4.69) is 23.7 Å². The molecule has 1 atom stereocenters. The van der Waals surface area contributed by atoms with Gasteiger partial charge in [-0.25, -0.2) is 0 Å². The number of carbonyl (C=O) groups excluding carboxylic acids is 5. The van der Waals surface area contributed by atoms with Gasteiger partial charge in [-0.1, -0.05) is 13.8 Å². The maximum absolute atomic E-state index is 10.2. The number of methoxy groups -OCH3 is 5. The predicted octanol–water partition coefficient (Wildman–Crippen LogP) is 4.68. The molecule has 39 heavy (non-hydrogen) atoms. The molecule has 0 bridgehead atoms. The van der Waals surface area contributed by atoms with Gasteiger partial charge in [0.2, 0.25) is 0 Å². The molecule has 0 saturated heterocycles. The van der Waals surface area contributed by atoms with Crippen LogP contribution in [0.25, 0.3) is 0 Å². The molecule has 0 aliphatic heterocycles. The van der Waals surface area contributed by atoms with Crippen LogP contribution < -0.4 is 0 Å². The lowest BCUT2D eigenvalue weighted by Crippen LogP contribution is -2.14. The average Bonchev–Trinajstić information content (AvgIpc) is 2.76. The lowest BCUT2D eigenvalue weighted by Gasteiger charge is -2.00. The van der Waals surface area contributed by atoms with Crippen LogP contribution in [-0.2, 0) is 47.7 Å². The van der Waals surface area contributed by atoms with Gasteiger partial charge in [-0.15, -0.1) is 0 Å². The van der Waals surface area contributed by atoms with Crippen molar-refractivity contribution in [3.8, 4) is 0 Å². The highest BCUT2D eigenvalue weighted by Gasteiger charge is 2.01. The first kappa shape index (κ1) is 71.0. The Bertz CT molecular complexity index is 340. The van der Waals surface area contributed by atoms with Gasteiger partial charge in [0.1, 0.15) is 29.2 Å². The van der Waals surface area contributed by atoms with E-state index in [4.69, 9.17) is 5.11 Å². The van der Waals surface area contributed by atoms with Crippen LogP contribution in [0.4, 0.5) is 0 Å². The van der Waals surface area contributed by atoms with E-state index >= 15 is 0 Å². The van der Waals surface area contributed by atoms with Gasteiger partial charge in [-0.05, 0) is 69.2 Å². The largest absolute Gasteiger partial charge is 0.400 e. The van der Waals surface area contributed by atoms with Gasteiger partial charge in [0, 0.05) is 71.1 Å². The monoisotopic (exact) mass is 580 g/mol. The molecule has 0 aromatic carbocycles. The Morgan fingerprint density at radius 2 is 0.513 bits per heavy atom. The number of aliphatic hydroxyl groups excluding tert-OH is 1. The molecular formula is C28H68O11. The molecule has 0 aromatic rings. The summed E-state index contributed by atoms with van der Waals surface area (Å²) in [7, 11) is 15.5. The average molecular weight is 581 g/mol. The van der Waals surface area contributed by atoms with Gasteiger partial charge in [0.15, 0.2) is 5.78 Å². The van der Waals surface area contributed by atoms with E-state index < -0.39 is 0 Å². The lowest BCUT2D eigenvalue weighted by molar-refractivity contribution is -0.125. The second-order valence-corrected chi connectivity index (χ2v) is 6.75. The zero-order valence-corrected chi connectivity index (χ0v) is 29.6. The normalized spacial score (nSPS) is 7.26. The highest BCUT2D eigenvalue weighted by Crippen LogP contribution is 1.85. The number of aliphatic hydroxyl groups is 1. The van der Waals surface area contributed by atoms with Crippen molar-refractivity contribution in [2.75, 3.05) is 71.1 Å². The molecule has 11 heteroatoms. The summed E-state index contributed by atoms with van der Waals surface area (Å²) in [5.74, 6) is 0.738. The molecule has 0 spiro atoms. The van der Waals surface area contributed by atoms with E-state index in [1.165, 1.54) is 69.4 Å². The van der Waals surface area contributed by atoms with Crippen molar-refractivity contribution >= 4 is 28.9 Å². The van der Waals surface area contributed by atoms with Crippen LogP contribution in [0.3, 0.4) is 0 Å². The van der Waals surface area contributed by atoms with Crippen molar-refractivity contribution in [2.24, 2.45) is 0 Å². The minimum absolute atomic E-state index is 0.0718. The fourth-order valence-electron chi connectivity index (χ4n) is 0.166. The number of carbonyl (C=O) groups is 5. The Morgan fingerprint density at radius 1 is 0.436 bits per heavy atom. The molecule has 0 radical (unpaired) electrons. The van der Waals surface area contributed by atoms with Crippen LogP contribution in [0.2, 0.25) is 0 Å². The SMILES string of the molecule is CC.CC(C)=O.CC(C)=O.CC(C)=O.CC(C)=O.CO.COC.COC.COC.COC.COC(C)C(C)=O. The molecule has 1 N–H and O–H groups in total. The van der Waals surface area contributed by atoms with Crippen LogP contribution in [-0.4, -0.2) is 111 Å². The molecule has 0 heterocycles. The molecule has 0 amide bonds. The van der Waals surface area contributed by atoms with Gasteiger partial charge >= 0.3 is 0 Å². The predicted molar refractivity (Wildman–Crippen MR) is 164 cm³/mol. The first-order valence-corrected chi connectivity index (χ1v) is 11.7. The second kappa shape index (κ2) is 99.9. The Morgan fingerprint density at radius 3 is 0.513 bits per heavy atom. The minimum atomic E-state index is -0.236. The number of Topliss-reactive ketones (excluding diaryl/α,β-unsaturated/α-hetero) is 5. The molecule has 0 aliphatic rings. The first-order chi connectivity index (χ1) is 17.8. The van der Waals surface area contributed by atoms with Gasteiger partial charge in [0.05, 0.1) is 0 Å². The van der Waals surface area contributed by atoms with Crippen molar-refractivity contribution in [2.45, 2.75) is 89.2 Å². The van der Waals surface area contributed by atoms with Gasteiger partial charge in [-0.2, -0.15) is 0 Å². The molecule has 0 fully saturated rings. The number of rotatable bonds is 2. The van der Waals surface area contributed by atoms with Crippen molar-refractivity contribution in [3.05, 3.63) is 0 Å². The van der Waals surface area contributed by atoms with Crippen molar-refractivity contribution in [1.82, 2.24) is 0 Å². The topological polar surface area (TPSA) is 152 Å². The number of ether oxygens (including phenoxy) is 5. The summed E-state index contributed by atoms with van der Waals surface area (Å²) in [6.07, 6.45) is -0.236. The Balaban J connectivity index is -0.0000000251. The zero-order chi connectivity index (χ0) is 35.0. The van der Waals surface area contributed by atoms with Crippen LogP contribution in [0, 0.1) is 0 Å². The number of ketones is 5. The summed E-state index contributed by atoms with van der Waals surface area (Å²) in [4.78, 5) is 48.0. The van der Waals surface area contributed by atoms with Gasteiger partial charge in [0.25, 0.3) is 0 Å². The number of hydrogen-bond acceptors (Lipinski definition) is 11. The molecule has 11 nitrogen and oxygen atoms in total. The Labute approximate surface area is 242 Å². The van der Waals surface area contributed by atoms with E-state index in [0.29, 0.717) is 0 Å². The van der Waals surface area contributed by atoms with Crippen molar-refractivity contribution < 1.29 is 52.8 Å². The molecule has 0 rings (SSSR count). The number of hydrogen-bond donors (Lipinski definition) is 1. The molecule has 1 unspecified atom stereocenters. The summed E-state index contributed by atoms with van der Waals surface area (Å²) in [6, 6.07) is 0. The fraction of sp³-hybridized carbons (Fsp3) is 0.821. The minimum Gasteiger partial charge on any atom is -0.400 e. The smallest absolute Gasteiger partial charge is 0.158 e. The molecular weight excluding hydrogens is 512 g/mol. The summed E-state index contributed by atoms with van der Waals surface area (Å²) < 4.78 is 21.7. The molecule has 0 aliphatic carbocycles. The summed E-state index contributed by atoms with van der Waals surface area (Å²) in [5.41, 5.74) is 0. The molecule has 246 valence electrons. The third kappa shape index (κ3) is 2490. The van der Waals surface area contributed by atoms with Gasteiger partial charge < -0.3 is 48.0 Å².